The van der Waals surface area contributed by atoms with Crippen molar-refractivity contribution in [1.29, 1.82) is 0 Å². The summed E-state index contributed by atoms with van der Waals surface area (Å²) in [7, 11) is 0. The molecule has 0 spiro atoms. The van der Waals surface area contributed by atoms with E-state index in [-0.39, 0.29) is 5.82 Å². The van der Waals surface area contributed by atoms with Crippen LogP contribution in [0.15, 0.2) is 48.0 Å². The third-order valence-corrected chi connectivity index (χ3v) is 7.50. The number of rotatable bonds is 6. The molecule has 2 atom stereocenters. The van der Waals surface area contributed by atoms with Crippen LogP contribution in [0.4, 0.5) is 15.9 Å². The van der Waals surface area contributed by atoms with Gasteiger partial charge in [-0.05, 0) is 57.0 Å². The Morgan fingerprint density at radius 1 is 1.12 bits per heavy atom. The van der Waals surface area contributed by atoms with Crippen LogP contribution in [0.2, 0.25) is 0 Å². The van der Waals surface area contributed by atoms with E-state index in [0.29, 0.717) is 18.1 Å². The van der Waals surface area contributed by atoms with Gasteiger partial charge in [0.15, 0.2) is 0 Å². The topological polar surface area (TPSA) is 56.3 Å². The quantitative estimate of drug-likeness (QED) is 0.538. The molecule has 2 aromatic heterocycles. The molecule has 0 saturated carbocycles. The molecule has 180 valence electrons. The van der Waals surface area contributed by atoms with E-state index in [1.807, 2.05) is 18.3 Å². The van der Waals surface area contributed by atoms with Crippen molar-refractivity contribution in [3.63, 3.8) is 0 Å². The molecule has 8 heteroatoms. The van der Waals surface area contributed by atoms with E-state index in [0.717, 1.165) is 73.3 Å². The number of aromatic nitrogens is 2. The van der Waals surface area contributed by atoms with Crippen molar-refractivity contribution in [2.75, 3.05) is 36.4 Å². The Balaban J connectivity index is 1.24. The zero-order valence-corrected chi connectivity index (χ0v) is 20.7. The van der Waals surface area contributed by atoms with Crippen molar-refractivity contribution in [2.24, 2.45) is 0 Å². The number of hydrogen-bond donors (Lipinski definition) is 2. The number of halogens is 1. The van der Waals surface area contributed by atoms with Gasteiger partial charge in [-0.3, -0.25) is 4.90 Å². The molecule has 4 heterocycles. The van der Waals surface area contributed by atoms with Crippen LogP contribution in [-0.2, 0) is 6.54 Å². The smallest absolute Gasteiger partial charge is 0.138 e. The molecule has 2 fully saturated rings. The molecule has 2 N–H and O–H groups in total. The maximum Gasteiger partial charge on any atom is 0.138 e. The van der Waals surface area contributed by atoms with E-state index >= 15 is 0 Å². The lowest BCUT2D eigenvalue weighted by Gasteiger charge is -2.35. The van der Waals surface area contributed by atoms with Gasteiger partial charge in [0.2, 0.25) is 0 Å². The van der Waals surface area contributed by atoms with Crippen molar-refractivity contribution in [1.82, 2.24) is 20.2 Å². The van der Waals surface area contributed by atoms with E-state index in [4.69, 9.17) is 9.97 Å². The summed E-state index contributed by atoms with van der Waals surface area (Å²) in [5.41, 5.74) is 3.09. The van der Waals surface area contributed by atoms with Gasteiger partial charge in [-0.25, -0.2) is 14.4 Å². The number of piperidine rings is 1. The van der Waals surface area contributed by atoms with Gasteiger partial charge in [0.1, 0.15) is 16.6 Å². The first-order valence-electron chi connectivity index (χ1n) is 12.2. The molecule has 0 aliphatic carbocycles. The molecular weight excluding hydrogens is 447 g/mol. The highest BCUT2D eigenvalue weighted by Crippen LogP contribution is 2.33. The highest BCUT2D eigenvalue weighted by molar-refractivity contribution is 7.13. The predicted octanol–water partition coefficient (Wildman–Crippen LogP) is 4.61. The fraction of sp³-hybridized carbons (Fsp3) is 0.462. The SMILES string of the molecule is C[C@@H]1CN(Cc2csc(-c3cccnc3N3CCC(Nc4cccc(F)c4)CC3)n2)C[C@H](C)N1. The average molecular weight is 481 g/mol. The Morgan fingerprint density at radius 2 is 1.91 bits per heavy atom. The number of piperazine rings is 1. The maximum atomic E-state index is 13.5. The van der Waals surface area contributed by atoms with Crippen LogP contribution >= 0.6 is 11.3 Å². The monoisotopic (exact) mass is 480 g/mol. The Bertz CT molecular complexity index is 1090. The molecule has 1 aromatic carbocycles. The normalized spacial score (nSPS) is 22.1. The summed E-state index contributed by atoms with van der Waals surface area (Å²) in [4.78, 5) is 14.6. The van der Waals surface area contributed by atoms with Gasteiger partial charge in [-0.1, -0.05) is 6.07 Å². The molecule has 3 aromatic rings. The second-order valence-electron chi connectivity index (χ2n) is 9.60. The van der Waals surface area contributed by atoms with Crippen LogP contribution in [0.3, 0.4) is 0 Å². The lowest BCUT2D eigenvalue weighted by atomic mass is 10.0. The zero-order valence-electron chi connectivity index (χ0n) is 19.9. The molecule has 6 nitrogen and oxygen atoms in total. The lowest BCUT2D eigenvalue weighted by molar-refractivity contribution is 0.165. The summed E-state index contributed by atoms with van der Waals surface area (Å²) in [5, 5.41) is 10.3. The van der Waals surface area contributed by atoms with Crippen LogP contribution in [0, 0.1) is 5.82 Å². The molecule has 5 rings (SSSR count). The highest BCUT2D eigenvalue weighted by atomic mass is 32.1. The van der Waals surface area contributed by atoms with E-state index in [1.54, 1.807) is 23.5 Å². The van der Waals surface area contributed by atoms with Crippen LogP contribution in [0.1, 0.15) is 32.4 Å². The maximum absolute atomic E-state index is 13.5. The Labute approximate surface area is 205 Å². The van der Waals surface area contributed by atoms with Crippen molar-refractivity contribution in [3.05, 3.63) is 59.5 Å². The van der Waals surface area contributed by atoms with E-state index in [1.165, 1.54) is 6.07 Å². The Kier molecular flexibility index (Phi) is 7.08. The lowest BCUT2D eigenvalue weighted by Crippen LogP contribution is -2.53. The largest absolute Gasteiger partial charge is 0.382 e. The van der Waals surface area contributed by atoms with Gasteiger partial charge < -0.3 is 15.5 Å². The average Bonchev–Trinajstić information content (AvgIpc) is 3.27. The fourth-order valence-corrected chi connectivity index (χ4v) is 6.00. The summed E-state index contributed by atoms with van der Waals surface area (Å²) in [6.45, 7) is 9.29. The first-order valence-corrected chi connectivity index (χ1v) is 13.1. The van der Waals surface area contributed by atoms with Gasteiger partial charge in [0, 0.05) is 68.1 Å². The molecule has 2 aliphatic rings. The standard InChI is InChI=1S/C26H33FN6S/c1-18-14-32(15-19(2)29-18)16-23-17-34-26(31-23)24-7-4-10-28-25(24)33-11-8-21(9-12-33)30-22-6-3-5-20(27)13-22/h3-7,10,13,17-19,21,29-30H,8-9,11-12,14-16H2,1-2H3/t18-,19+. The van der Waals surface area contributed by atoms with Crippen LogP contribution in [-0.4, -0.2) is 59.2 Å². The van der Waals surface area contributed by atoms with E-state index < -0.39 is 0 Å². The molecule has 0 radical (unpaired) electrons. The molecule has 2 saturated heterocycles. The van der Waals surface area contributed by atoms with Crippen molar-refractivity contribution in [2.45, 2.75) is 51.4 Å². The van der Waals surface area contributed by atoms with Gasteiger partial charge in [0.05, 0.1) is 11.3 Å². The second-order valence-corrected chi connectivity index (χ2v) is 10.5. The molecule has 0 amide bonds. The summed E-state index contributed by atoms with van der Waals surface area (Å²) < 4.78 is 13.5. The molecule has 0 bridgehead atoms. The van der Waals surface area contributed by atoms with E-state index in [2.05, 4.69) is 45.7 Å². The molecule has 34 heavy (non-hydrogen) atoms. The summed E-state index contributed by atoms with van der Waals surface area (Å²) in [6.07, 6.45) is 3.83. The summed E-state index contributed by atoms with van der Waals surface area (Å²) in [5.74, 6) is 0.807. The number of nitrogens with one attached hydrogen (secondary N) is 2. The second kappa shape index (κ2) is 10.4. The number of hydrogen-bond acceptors (Lipinski definition) is 7. The fourth-order valence-electron chi connectivity index (χ4n) is 5.17. The minimum absolute atomic E-state index is 0.204. The summed E-state index contributed by atoms with van der Waals surface area (Å²) in [6, 6.07) is 12.2. The predicted molar refractivity (Wildman–Crippen MR) is 138 cm³/mol. The number of thiazole rings is 1. The van der Waals surface area contributed by atoms with E-state index in [9.17, 15) is 4.39 Å². The first kappa shape index (κ1) is 23.2. The van der Waals surface area contributed by atoms with Crippen LogP contribution < -0.4 is 15.5 Å². The van der Waals surface area contributed by atoms with Crippen LogP contribution in [0.25, 0.3) is 10.6 Å². The number of benzene rings is 1. The number of pyridine rings is 1. The van der Waals surface area contributed by atoms with Gasteiger partial charge in [-0.2, -0.15) is 0 Å². The zero-order chi connectivity index (χ0) is 23.5. The molecular formula is C26H33FN6S. The third-order valence-electron chi connectivity index (χ3n) is 6.58. The van der Waals surface area contributed by atoms with Gasteiger partial charge in [-0.15, -0.1) is 11.3 Å². The Hall–Kier alpha value is -2.55. The van der Waals surface area contributed by atoms with Crippen molar-refractivity contribution in [3.8, 4) is 10.6 Å². The van der Waals surface area contributed by atoms with Crippen molar-refractivity contribution >= 4 is 22.8 Å². The summed E-state index contributed by atoms with van der Waals surface area (Å²) >= 11 is 1.71. The number of nitrogens with zero attached hydrogens (tertiary/aromatic N) is 4. The minimum atomic E-state index is -0.204. The molecule has 0 unspecified atom stereocenters. The van der Waals surface area contributed by atoms with Crippen molar-refractivity contribution < 1.29 is 4.39 Å². The van der Waals surface area contributed by atoms with Crippen LogP contribution in [0.5, 0.6) is 0 Å². The number of anilines is 2. The third kappa shape index (κ3) is 5.56. The first-order chi connectivity index (χ1) is 16.5. The van der Waals surface area contributed by atoms with Gasteiger partial charge >= 0.3 is 0 Å². The highest BCUT2D eigenvalue weighted by Gasteiger charge is 2.24. The van der Waals surface area contributed by atoms with Gasteiger partial charge in [0.25, 0.3) is 0 Å². The Morgan fingerprint density at radius 3 is 2.68 bits per heavy atom. The molecule has 2 aliphatic heterocycles. The minimum Gasteiger partial charge on any atom is -0.382 e.